The smallest absolute Gasteiger partial charge is 0.342 e. The predicted molar refractivity (Wildman–Crippen MR) is 42.6 cm³/mol. The van der Waals surface area contributed by atoms with Gasteiger partial charge >= 0.3 is 11.9 Å². The quantitative estimate of drug-likeness (QED) is 0.675. The zero-order chi connectivity index (χ0) is 10.7. The standard InChI is InChI=1S/C8H8O6/c1-13-8(12)5(9)6-4(7(10)11)2-3-14-6/h2-3,5,9H,1H3,(H,10,11). The number of esters is 1. The minimum Gasteiger partial charge on any atom is -0.478 e. The number of aliphatic hydroxyl groups is 1. The number of carbonyl (C=O) groups is 2. The molecule has 0 bridgehead atoms. The maximum absolute atomic E-state index is 10.9. The lowest BCUT2D eigenvalue weighted by molar-refractivity contribution is -0.151. The van der Waals surface area contributed by atoms with Gasteiger partial charge in [0, 0.05) is 0 Å². The van der Waals surface area contributed by atoms with Crippen LogP contribution in [0.5, 0.6) is 0 Å². The van der Waals surface area contributed by atoms with Gasteiger partial charge < -0.3 is 19.4 Å². The summed E-state index contributed by atoms with van der Waals surface area (Å²) in [4.78, 5) is 21.4. The highest BCUT2D eigenvalue weighted by Gasteiger charge is 2.27. The summed E-state index contributed by atoms with van der Waals surface area (Å²) in [5, 5.41) is 17.9. The van der Waals surface area contributed by atoms with Gasteiger partial charge in [-0.05, 0) is 6.07 Å². The summed E-state index contributed by atoms with van der Waals surface area (Å²) >= 11 is 0. The molecule has 0 amide bonds. The molecule has 0 aliphatic rings. The van der Waals surface area contributed by atoms with E-state index in [9.17, 15) is 14.7 Å². The number of aromatic carboxylic acids is 1. The van der Waals surface area contributed by atoms with Crippen molar-refractivity contribution in [2.75, 3.05) is 7.11 Å². The maximum Gasteiger partial charge on any atom is 0.342 e. The van der Waals surface area contributed by atoms with Gasteiger partial charge in [0.15, 0.2) is 5.76 Å². The first-order chi connectivity index (χ1) is 6.57. The Kier molecular flexibility index (Phi) is 2.88. The van der Waals surface area contributed by atoms with Crippen molar-refractivity contribution in [3.05, 3.63) is 23.7 Å². The van der Waals surface area contributed by atoms with Gasteiger partial charge in [-0.2, -0.15) is 0 Å². The third kappa shape index (κ3) is 1.74. The van der Waals surface area contributed by atoms with Crippen LogP contribution >= 0.6 is 0 Å². The zero-order valence-corrected chi connectivity index (χ0v) is 7.26. The Morgan fingerprint density at radius 1 is 1.57 bits per heavy atom. The molecule has 6 nitrogen and oxygen atoms in total. The summed E-state index contributed by atoms with van der Waals surface area (Å²) in [5.41, 5.74) is -0.261. The molecule has 6 heteroatoms. The van der Waals surface area contributed by atoms with Crippen LogP contribution in [-0.2, 0) is 9.53 Å². The van der Waals surface area contributed by atoms with Gasteiger partial charge in [0.2, 0.25) is 6.10 Å². The first kappa shape index (κ1) is 10.3. The topological polar surface area (TPSA) is 97.0 Å². The van der Waals surface area contributed by atoms with Gasteiger partial charge in [0.25, 0.3) is 0 Å². The largest absolute Gasteiger partial charge is 0.478 e. The van der Waals surface area contributed by atoms with Gasteiger partial charge in [-0.15, -0.1) is 0 Å². The molecule has 1 unspecified atom stereocenters. The van der Waals surface area contributed by atoms with Crippen molar-refractivity contribution in [3.63, 3.8) is 0 Å². The van der Waals surface area contributed by atoms with Crippen molar-refractivity contribution in [1.29, 1.82) is 0 Å². The third-order valence-electron chi connectivity index (χ3n) is 1.60. The molecule has 0 saturated carbocycles. The Bertz CT molecular complexity index is 352. The molecule has 0 aliphatic carbocycles. The molecule has 76 valence electrons. The molecule has 1 heterocycles. The average Bonchev–Trinajstić information content (AvgIpc) is 2.63. The number of ether oxygens (including phenoxy) is 1. The monoisotopic (exact) mass is 200 g/mol. The number of carbonyl (C=O) groups excluding carboxylic acids is 1. The van der Waals surface area contributed by atoms with Crippen LogP contribution in [0.15, 0.2) is 16.7 Å². The molecule has 0 fully saturated rings. The number of aliphatic hydroxyl groups excluding tert-OH is 1. The van der Waals surface area contributed by atoms with Crippen LogP contribution < -0.4 is 0 Å². The summed E-state index contributed by atoms with van der Waals surface area (Å²) in [5.74, 6) is -2.58. The van der Waals surface area contributed by atoms with E-state index in [1.165, 1.54) is 0 Å². The highest BCUT2D eigenvalue weighted by molar-refractivity contribution is 5.90. The normalized spacial score (nSPS) is 12.1. The highest BCUT2D eigenvalue weighted by Crippen LogP contribution is 2.20. The van der Waals surface area contributed by atoms with E-state index in [0.29, 0.717) is 0 Å². The van der Waals surface area contributed by atoms with Gasteiger partial charge in [0.05, 0.1) is 13.4 Å². The van der Waals surface area contributed by atoms with E-state index in [1.807, 2.05) is 0 Å². The SMILES string of the molecule is COC(=O)C(O)c1occc1C(=O)O. The summed E-state index contributed by atoms with van der Waals surface area (Å²) in [6.45, 7) is 0. The molecular formula is C8H8O6. The third-order valence-corrected chi connectivity index (χ3v) is 1.60. The Balaban J connectivity index is 3.00. The van der Waals surface area contributed by atoms with E-state index in [0.717, 1.165) is 19.4 Å². The lowest BCUT2D eigenvalue weighted by atomic mass is 10.2. The number of methoxy groups -OCH3 is 1. The fraction of sp³-hybridized carbons (Fsp3) is 0.250. The van der Waals surface area contributed by atoms with E-state index in [4.69, 9.17) is 5.11 Å². The number of hydrogen-bond donors (Lipinski definition) is 2. The van der Waals surface area contributed by atoms with E-state index in [2.05, 4.69) is 9.15 Å². The molecule has 1 aromatic rings. The van der Waals surface area contributed by atoms with Gasteiger partial charge in [-0.1, -0.05) is 0 Å². The molecule has 0 aliphatic heterocycles. The molecular weight excluding hydrogens is 192 g/mol. The van der Waals surface area contributed by atoms with Crippen LogP contribution in [0.25, 0.3) is 0 Å². The zero-order valence-electron chi connectivity index (χ0n) is 7.26. The van der Waals surface area contributed by atoms with Crippen molar-refractivity contribution < 1.29 is 29.0 Å². The molecule has 1 aromatic heterocycles. The Morgan fingerprint density at radius 2 is 2.21 bits per heavy atom. The number of furan rings is 1. The predicted octanol–water partition coefficient (Wildman–Crippen LogP) is 0.184. The number of rotatable bonds is 3. The van der Waals surface area contributed by atoms with Gasteiger partial charge in [-0.25, -0.2) is 9.59 Å². The molecule has 1 rings (SSSR count). The van der Waals surface area contributed by atoms with Crippen molar-refractivity contribution in [3.8, 4) is 0 Å². The average molecular weight is 200 g/mol. The van der Waals surface area contributed by atoms with Gasteiger partial charge in [-0.3, -0.25) is 0 Å². The van der Waals surface area contributed by atoms with E-state index in [1.54, 1.807) is 0 Å². The Morgan fingerprint density at radius 3 is 2.71 bits per heavy atom. The first-order valence-electron chi connectivity index (χ1n) is 3.64. The Labute approximate surface area is 78.7 Å². The molecule has 1 atom stereocenters. The molecule has 0 spiro atoms. The van der Waals surface area contributed by atoms with Crippen molar-refractivity contribution in [2.24, 2.45) is 0 Å². The summed E-state index contributed by atoms with van der Waals surface area (Å²) in [6, 6.07) is 1.14. The van der Waals surface area contributed by atoms with E-state index in [-0.39, 0.29) is 11.3 Å². The summed E-state index contributed by atoms with van der Waals surface area (Å²) in [6.07, 6.45) is -0.633. The minimum absolute atomic E-state index is 0.261. The lowest BCUT2D eigenvalue weighted by Gasteiger charge is -2.05. The van der Waals surface area contributed by atoms with Gasteiger partial charge in [0.1, 0.15) is 5.56 Å². The molecule has 14 heavy (non-hydrogen) atoms. The number of hydrogen-bond acceptors (Lipinski definition) is 5. The minimum atomic E-state index is -1.71. The second-order valence-electron chi connectivity index (χ2n) is 2.43. The van der Waals surface area contributed by atoms with Crippen LogP contribution in [0.2, 0.25) is 0 Å². The fourth-order valence-electron chi connectivity index (χ4n) is 0.928. The van der Waals surface area contributed by atoms with E-state index >= 15 is 0 Å². The fourth-order valence-corrected chi connectivity index (χ4v) is 0.928. The van der Waals surface area contributed by atoms with E-state index < -0.39 is 18.0 Å². The van der Waals surface area contributed by atoms with Crippen LogP contribution in [-0.4, -0.2) is 29.3 Å². The molecule has 0 aromatic carbocycles. The highest BCUT2D eigenvalue weighted by atomic mass is 16.5. The number of carboxylic acids is 1. The maximum atomic E-state index is 10.9. The molecule has 0 radical (unpaired) electrons. The second kappa shape index (κ2) is 3.93. The summed E-state index contributed by atoms with van der Waals surface area (Å²) in [7, 11) is 1.08. The van der Waals surface area contributed by atoms with Crippen LogP contribution in [0.3, 0.4) is 0 Å². The van der Waals surface area contributed by atoms with Crippen LogP contribution in [0.4, 0.5) is 0 Å². The first-order valence-corrected chi connectivity index (χ1v) is 3.64. The van der Waals surface area contributed by atoms with Crippen molar-refractivity contribution >= 4 is 11.9 Å². The molecule has 0 saturated heterocycles. The van der Waals surface area contributed by atoms with Crippen LogP contribution in [0, 0.1) is 0 Å². The molecule has 2 N–H and O–H groups in total. The number of carboxylic acid groups (broad SMARTS) is 1. The lowest BCUT2D eigenvalue weighted by Crippen LogP contribution is -2.15. The van der Waals surface area contributed by atoms with Crippen molar-refractivity contribution in [1.82, 2.24) is 0 Å². The second-order valence-corrected chi connectivity index (χ2v) is 2.43. The van der Waals surface area contributed by atoms with Crippen LogP contribution in [0.1, 0.15) is 22.2 Å². The van der Waals surface area contributed by atoms with Crippen molar-refractivity contribution in [2.45, 2.75) is 6.10 Å². The Hall–Kier alpha value is -1.82. The summed E-state index contributed by atoms with van der Waals surface area (Å²) < 4.78 is 8.91.